The van der Waals surface area contributed by atoms with E-state index in [9.17, 15) is 4.79 Å². The second-order valence-electron chi connectivity index (χ2n) is 4.66. The molecule has 1 rings (SSSR count). The van der Waals surface area contributed by atoms with Gasteiger partial charge < -0.3 is 19.9 Å². The molecule has 1 saturated heterocycles. The van der Waals surface area contributed by atoms with Crippen molar-refractivity contribution >= 4 is 5.91 Å². The molecular weight excluding hydrogens is 218 g/mol. The predicted molar refractivity (Wildman–Crippen MR) is 68.0 cm³/mol. The number of likely N-dealkylation sites (N-methyl/N-ethyl adjacent to an activating group) is 1. The van der Waals surface area contributed by atoms with E-state index in [1.165, 1.54) is 0 Å². The Balaban J connectivity index is 2.34. The molecule has 1 N–H and O–H groups in total. The molecule has 0 aromatic heterocycles. The summed E-state index contributed by atoms with van der Waals surface area (Å²) in [5, 5.41) is 3.21. The van der Waals surface area contributed by atoms with Crippen molar-refractivity contribution in [1.29, 1.82) is 0 Å². The first-order valence-corrected chi connectivity index (χ1v) is 6.39. The van der Waals surface area contributed by atoms with Gasteiger partial charge >= 0.3 is 0 Å². The third kappa shape index (κ3) is 5.02. The van der Waals surface area contributed by atoms with Crippen molar-refractivity contribution in [3.8, 4) is 0 Å². The molecule has 1 heterocycles. The van der Waals surface area contributed by atoms with Crippen LogP contribution in [0.2, 0.25) is 0 Å². The van der Waals surface area contributed by atoms with Crippen molar-refractivity contribution < 1.29 is 9.53 Å². The van der Waals surface area contributed by atoms with Crippen molar-refractivity contribution in [3.05, 3.63) is 0 Å². The number of nitrogens with one attached hydrogen (secondary N) is 1. The Morgan fingerprint density at radius 2 is 2.18 bits per heavy atom. The van der Waals surface area contributed by atoms with Crippen molar-refractivity contribution in [1.82, 2.24) is 15.1 Å². The summed E-state index contributed by atoms with van der Waals surface area (Å²) >= 11 is 0. The fourth-order valence-corrected chi connectivity index (χ4v) is 1.95. The van der Waals surface area contributed by atoms with Crippen LogP contribution in [0.15, 0.2) is 0 Å². The summed E-state index contributed by atoms with van der Waals surface area (Å²) in [4.78, 5) is 16.2. The molecule has 1 aliphatic heterocycles. The fourth-order valence-electron chi connectivity index (χ4n) is 1.95. The van der Waals surface area contributed by atoms with Gasteiger partial charge in [0, 0.05) is 19.6 Å². The van der Waals surface area contributed by atoms with E-state index >= 15 is 0 Å². The molecule has 1 unspecified atom stereocenters. The van der Waals surface area contributed by atoms with Gasteiger partial charge in [-0.05, 0) is 34.0 Å². The molecule has 0 saturated carbocycles. The lowest BCUT2D eigenvalue weighted by Crippen LogP contribution is -2.52. The van der Waals surface area contributed by atoms with Crippen molar-refractivity contribution in [3.63, 3.8) is 0 Å². The van der Waals surface area contributed by atoms with Crippen LogP contribution in [0.1, 0.15) is 13.3 Å². The maximum absolute atomic E-state index is 12.2. The van der Waals surface area contributed by atoms with Crippen LogP contribution >= 0.6 is 0 Å². The van der Waals surface area contributed by atoms with Gasteiger partial charge in [-0.3, -0.25) is 4.79 Å². The van der Waals surface area contributed by atoms with E-state index in [1.807, 2.05) is 11.8 Å². The van der Waals surface area contributed by atoms with Crippen molar-refractivity contribution in [2.45, 2.75) is 19.4 Å². The topological polar surface area (TPSA) is 44.8 Å². The molecule has 5 nitrogen and oxygen atoms in total. The number of ether oxygens (including phenoxy) is 1. The van der Waals surface area contributed by atoms with Crippen LogP contribution in [0.5, 0.6) is 0 Å². The summed E-state index contributed by atoms with van der Waals surface area (Å²) < 4.78 is 5.32. The van der Waals surface area contributed by atoms with Crippen LogP contribution in [-0.2, 0) is 9.53 Å². The molecule has 0 spiro atoms. The van der Waals surface area contributed by atoms with Crippen LogP contribution in [0.4, 0.5) is 0 Å². The Morgan fingerprint density at radius 3 is 2.71 bits per heavy atom. The number of rotatable bonds is 6. The van der Waals surface area contributed by atoms with Crippen molar-refractivity contribution in [2.24, 2.45) is 0 Å². The van der Waals surface area contributed by atoms with E-state index in [0.29, 0.717) is 13.2 Å². The third-order valence-corrected chi connectivity index (χ3v) is 2.95. The van der Waals surface area contributed by atoms with Crippen LogP contribution in [0, 0.1) is 0 Å². The van der Waals surface area contributed by atoms with Gasteiger partial charge in [0.2, 0.25) is 5.91 Å². The van der Waals surface area contributed by atoms with Gasteiger partial charge in [0.15, 0.2) is 0 Å². The molecule has 1 atom stereocenters. The first kappa shape index (κ1) is 14.4. The summed E-state index contributed by atoms with van der Waals surface area (Å²) in [6.45, 7) is 6.61. The number of hydrogen-bond donors (Lipinski definition) is 1. The van der Waals surface area contributed by atoms with E-state index < -0.39 is 0 Å². The summed E-state index contributed by atoms with van der Waals surface area (Å²) in [5.41, 5.74) is 0. The third-order valence-electron chi connectivity index (χ3n) is 2.95. The Bertz CT molecular complexity index is 228. The van der Waals surface area contributed by atoms with Crippen LogP contribution in [-0.4, -0.2) is 75.2 Å². The number of amides is 1. The molecule has 0 bridgehead atoms. The Labute approximate surface area is 104 Å². The second-order valence-corrected chi connectivity index (χ2v) is 4.66. The highest BCUT2D eigenvalue weighted by Gasteiger charge is 2.24. The lowest BCUT2D eigenvalue weighted by Gasteiger charge is -2.29. The number of nitrogens with zero attached hydrogens (tertiary/aromatic N) is 2. The SMILES string of the molecule is CCN(CCCN(C)C)C(=O)C1COCCN1. The highest BCUT2D eigenvalue weighted by molar-refractivity contribution is 5.82. The molecule has 1 aliphatic rings. The number of morpholine rings is 1. The molecule has 0 aromatic carbocycles. The summed E-state index contributed by atoms with van der Waals surface area (Å²) in [5.74, 6) is 0.172. The Hall–Kier alpha value is -0.650. The predicted octanol–water partition coefficient (Wildman–Crippen LogP) is -0.225. The highest BCUT2D eigenvalue weighted by Crippen LogP contribution is 2.01. The molecule has 100 valence electrons. The van der Waals surface area contributed by atoms with Gasteiger partial charge in [0.05, 0.1) is 13.2 Å². The maximum Gasteiger partial charge on any atom is 0.242 e. The first-order chi connectivity index (χ1) is 8.15. The van der Waals surface area contributed by atoms with Crippen LogP contribution in [0.3, 0.4) is 0 Å². The lowest BCUT2D eigenvalue weighted by molar-refractivity contribution is -0.136. The molecule has 5 heteroatoms. The zero-order valence-electron chi connectivity index (χ0n) is 11.2. The molecule has 17 heavy (non-hydrogen) atoms. The van der Waals surface area contributed by atoms with Gasteiger partial charge in [-0.1, -0.05) is 0 Å². The largest absolute Gasteiger partial charge is 0.378 e. The van der Waals surface area contributed by atoms with Gasteiger partial charge in [-0.25, -0.2) is 0 Å². The van der Waals surface area contributed by atoms with Gasteiger partial charge in [0.25, 0.3) is 0 Å². The summed E-state index contributed by atoms with van der Waals surface area (Å²) in [6, 6.07) is -0.150. The normalized spacial score (nSPS) is 20.6. The van der Waals surface area contributed by atoms with E-state index in [1.54, 1.807) is 0 Å². The van der Waals surface area contributed by atoms with Gasteiger partial charge in [-0.2, -0.15) is 0 Å². The van der Waals surface area contributed by atoms with E-state index in [0.717, 1.165) is 32.6 Å². The van der Waals surface area contributed by atoms with Gasteiger partial charge in [0.1, 0.15) is 6.04 Å². The average molecular weight is 243 g/mol. The number of hydrogen-bond acceptors (Lipinski definition) is 4. The van der Waals surface area contributed by atoms with Crippen LogP contribution < -0.4 is 5.32 Å². The zero-order valence-corrected chi connectivity index (χ0v) is 11.2. The van der Waals surface area contributed by atoms with Crippen LogP contribution in [0.25, 0.3) is 0 Å². The summed E-state index contributed by atoms with van der Waals surface area (Å²) in [6.07, 6.45) is 1.01. The molecule has 0 radical (unpaired) electrons. The minimum atomic E-state index is -0.150. The number of carbonyl (C=O) groups excluding carboxylic acids is 1. The molecular formula is C12H25N3O2. The average Bonchev–Trinajstić information content (AvgIpc) is 2.34. The first-order valence-electron chi connectivity index (χ1n) is 6.39. The number of carbonyl (C=O) groups is 1. The monoisotopic (exact) mass is 243 g/mol. The zero-order chi connectivity index (χ0) is 12.7. The molecule has 0 aromatic rings. The Morgan fingerprint density at radius 1 is 1.41 bits per heavy atom. The van der Waals surface area contributed by atoms with Gasteiger partial charge in [-0.15, -0.1) is 0 Å². The quantitative estimate of drug-likeness (QED) is 0.700. The van der Waals surface area contributed by atoms with E-state index in [2.05, 4.69) is 24.3 Å². The fraction of sp³-hybridized carbons (Fsp3) is 0.917. The second kappa shape index (κ2) is 7.63. The van der Waals surface area contributed by atoms with E-state index in [4.69, 9.17) is 4.74 Å². The molecule has 0 aliphatic carbocycles. The van der Waals surface area contributed by atoms with E-state index in [-0.39, 0.29) is 11.9 Å². The van der Waals surface area contributed by atoms with Crippen molar-refractivity contribution in [2.75, 3.05) is 53.5 Å². The minimum absolute atomic E-state index is 0.150. The minimum Gasteiger partial charge on any atom is -0.378 e. The lowest BCUT2D eigenvalue weighted by atomic mass is 10.2. The highest BCUT2D eigenvalue weighted by atomic mass is 16.5. The standard InChI is InChI=1S/C12H25N3O2/c1-4-15(8-5-7-14(2)3)12(16)11-10-17-9-6-13-11/h11,13H,4-10H2,1-3H3. The smallest absolute Gasteiger partial charge is 0.242 e. The summed E-state index contributed by atoms with van der Waals surface area (Å²) in [7, 11) is 4.10. The maximum atomic E-state index is 12.2. The molecule has 1 amide bonds. The molecule has 1 fully saturated rings. The Kier molecular flexibility index (Phi) is 6.47.